The van der Waals surface area contributed by atoms with Gasteiger partial charge in [-0.1, -0.05) is 51.1 Å². The number of nitrogens with zero attached hydrogens (tertiary/aromatic N) is 1. The average Bonchev–Trinajstić information content (AvgIpc) is 2.40. The molecule has 1 aromatic carbocycles. The van der Waals surface area contributed by atoms with E-state index >= 15 is 0 Å². The summed E-state index contributed by atoms with van der Waals surface area (Å²) in [6.07, 6.45) is 0.908. The zero-order valence-electron chi connectivity index (χ0n) is 11.4. The summed E-state index contributed by atoms with van der Waals surface area (Å²) in [5.41, 5.74) is 0.892. The van der Waals surface area contributed by atoms with Gasteiger partial charge >= 0.3 is 0 Å². The van der Waals surface area contributed by atoms with Crippen molar-refractivity contribution >= 4 is 0 Å². The van der Waals surface area contributed by atoms with Crippen molar-refractivity contribution in [2.45, 2.75) is 39.3 Å². The number of aliphatic hydroxyl groups is 1. The molecular formula is C15H22N2O. The summed E-state index contributed by atoms with van der Waals surface area (Å²) < 4.78 is 0. The Morgan fingerprint density at radius 2 is 1.94 bits per heavy atom. The van der Waals surface area contributed by atoms with Crippen LogP contribution in [0.25, 0.3) is 0 Å². The van der Waals surface area contributed by atoms with Gasteiger partial charge < -0.3 is 5.11 Å². The first kappa shape index (κ1) is 14.7. The summed E-state index contributed by atoms with van der Waals surface area (Å²) in [5.74, 6) is 0. The maximum Gasteiger partial charge on any atom is 0.101 e. The highest BCUT2D eigenvalue weighted by Crippen LogP contribution is 2.26. The second-order valence-electron chi connectivity index (χ2n) is 5.22. The Labute approximate surface area is 109 Å². The minimum atomic E-state index is -0.278. The molecule has 0 bridgehead atoms. The van der Waals surface area contributed by atoms with Gasteiger partial charge in [-0.15, -0.1) is 0 Å². The first-order chi connectivity index (χ1) is 8.55. The number of benzene rings is 1. The number of hydrogen-bond acceptors (Lipinski definition) is 3. The van der Waals surface area contributed by atoms with Crippen LogP contribution in [0.2, 0.25) is 0 Å². The minimum Gasteiger partial charge on any atom is -0.394 e. The van der Waals surface area contributed by atoms with Crippen LogP contribution >= 0.6 is 0 Å². The minimum absolute atomic E-state index is 0.0119. The second kappa shape index (κ2) is 6.53. The number of nitrogens with one attached hydrogen (secondary N) is 1. The Morgan fingerprint density at radius 3 is 2.39 bits per heavy atom. The Bertz CT molecular complexity index is 395. The molecule has 0 amide bonds. The fourth-order valence-corrected chi connectivity index (χ4v) is 1.78. The summed E-state index contributed by atoms with van der Waals surface area (Å²) in [4.78, 5) is 0. The van der Waals surface area contributed by atoms with Crippen molar-refractivity contribution < 1.29 is 5.11 Å². The van der Waals surface area contributed by atoms with Crippen molar-refractivity contribution in [2.75, 3.05) is 6.61 Å². The summed E-state index contributed by atoms with van der Waals surface area (Å²) >= 11 is 0. The smallest absolute Gasteiger partial charge is 0.101 e. The van der Waals surface area contributed by atoms with E-state index in [0.29, 0.717) is 0 Å². The monoisotopic (exact) mass is 246 g/mol. The molecule has 0 spiro atoms. The van der Waals surface area contributed by atoms with Crippen molar-refractivity contribution in [2.24, 2.45) is 5.41 Å². The standard InChI is InChI=1S/C15H22N2O/c1-4-15(2,3)14(10-16)17-13(11-18)12-8-6-5-7-9-12/h5-9,13-14,17-18H,4,11H2,1-3H3/t13-,14+/m0/s1. The van der Waals surface area contributed by atoms with Crippen LogP contribution in [-0.2, 0) is 0 Å². The van der Waals surface area contributed by atoms with Crippen LogP contribution in [0.1, 0.15) is 38.8 Å². The van der Waals surface area contributed by atoms with E-state index in [4.69, 9.17) is 0 Å². The third kappa shape index (κ3) is 3.56. The van der Waals surface area contributed by atoms with Crippen LogP contribution in [0.5, 0.6) is 0 Å². The van der Waals surface area contributed by atoms with Crippen LogP contribution in [0.3, 0.4) is 0 Å². The summed E-state index contributed by atoms with van der Waals surface area (Å²) in [6, 6.07) is 11.6. The molecule has 0 aromatic heterocycles. The molecule has 18 heavy (non-hydrogen) atoms. The lowest BCUT2D eigenvalue weighted by Gasteiger charge is -2.32. The number of aliphatic hydroxyl groups excluding tert-OH is 1. The first-order valence-corrected chi connectivity index (χ1v) is 6.36. The van der Waals surface area contributed by atoms with Crippen molar-refractivity contribution in [1.82, 2.24) is 5.32 Å². The second-order valence-corrected chi connectivity index (χ2v) is 5.22. The molecule has 3 heteroatoms. The van der Waals surface area contributed by atoms with E-state index in [1.54, 1.807) is 0 Å². The Balaban J connectivity index is 2.83. The molecule has 0 radical (unpaired) electrons. The third-order valence-electron chi connectivity index (χ3n) is 3.57. The van der Waals surface area contributed by atoms with E-state index in [9.17, 15) is 10.4 Å². The van der Waals surface area contributed by atoms with Crippen molar-refractivity contribution in [1.29, 1.82) is 5.26 Å². The van der Waals surface area contributed by atoms with Gasteiger partial charge in [-0.2, -0.15) is 5.26 Å². The van der Waals surface area contributed by atoms with E-state index in [2.05, 4.69) is 32.2 Å². The van der Waals surface area contributed by atoms with E-state index < -0.39 is 0 Å². The number of rotatable bonds is 6. The molecule has 2 atom stereocenters. The predicted molar refractivity (Wildman–Crippen MR) is 72.9 cm³/mol. The zero-order valence-corrected chi connectivity index (χ0v) is 11.4. The zero-order chi connectivity index (χ0) is 13.6. The van der Waals surface area contributed by atoms with Crippen LogP contribution in [0.15, 0.2) is 30.3 Å². The third-order valence-corrected chi connectivity index (χ3v) is 3.57. The van der Waals surface area contributed by atoms with Gasteiger partial charge in [0, 0.05) is 0 Å². The van der Waals surface area contributed by atoms with Crippen molar-refractivity contribution in [3.63, 3.8) is 0 Å². The molecule has 98 valence electrons. The quantitative estimate of drug-likeness (QED) is 0.811. The SMILES string of the molecule is CCC(C)(C)[C@@H](C#N)N[C@@H](CO)c1ccccc1. The number of nitriles is 1. The summed E-state index contributed by atoms with van der Waals surface area (Å²) in [5, 5.41) is 22.0. The largest absolute Gasteiger partial charge is 0.394 e. The van der Waals surface area contributed by atoms with Crippen LogP contribution in [-0.4, -0.2) is 17.8 Å². The summed E-state index contributed by atoms with van der Waals surface area (Å²) in [6.45, 7) is 6.19. The molecule has 1 aromatic rings. The van der Waals surface area contributed by atoms with Crippen LogP contribution in [0, 0.1) is 16.7 Å². The Kier molecular flexibility index (Phi) is 5.33. The predicted octanol–water partition coefficient (Wildman–Crippen LogP) is 2.64. The highest BCUT2D eigenvalue weighted by molar-refractivity contribution is 5.20. The van der Waals surface area contributed by atoms with Gasteiger partial charge in [0.1, 0.15) is 6.04 Å². The van der Waals surface area contributed by atoms with Gasteiger partial charge in [0.15, 0.2) is 0 Å². The van der Waals surface area contributed by atoms with E-state index in [-0.39, 0.29) is 24.1 Å². The maximum atomic E-state index is 9.49. The molecule has 0 aliphatic rings. The normalized spacial score (nSPS) is 14.8. The average molecular weight is 246 g/mol. The first-order valence-electron chi connectivity index (χ1n) is 6.36. The van der Waals surface area contributed by atoms with E-state index in [1.165, 1.54) is 0 Å². The molecule has 0 heterocycles. The van der Waals surface area contributed by atoms with E-state index in [0.717, 1.165) is 12.0 Å². The van der Waals surface area contributed by atoms with Gasteiger partial charge in [-0.25, -0.2) is 0 Å². The van der Waals surface area contributed by atoms with Gasteiger partial charge in [0.05, 0.1) is 18.7 Å². The lowest BCUT2D eigenvalue weighted by molar-refractivity contribution is 0.200. The maximum absolute atomic E-state index is 9.49. The van der Waals surface area contributed by atoms with Gasteiger partial charge in [0.2, 0.25) is 0 Å². The van der Waals surface area contributed by atoms with Crippen molar-refractivity contribution in [3.8, 4) is 6.07 Å². The molecule has 1 rings (SSSR count). The molecule has 0 saturated carbocycles. The molecule has 0 fully saturated rings. The fraction of sp³-hybridized carbons (Fsp3) is 0.533. The Morgan fingerprint density at radius 1 is 1.33 bits per heavy atom. The highest BCUT2D eigenvalue weighted by Gasteiger charge is 2.29. The topological polar surface area (TPSA) is 56.0 Å². The van der Waals surface area contributed by atoms with Crippen molar-refractivity contribution in [3.05, 3.63) is 35.9 Å². The van der Waals surface area contributed by atoms with Gasteiger partial charge in [0.25, 0.3) is 0 Å². The molecule has 0 unspecified atom stereocenters. The molecular weight excluding hydrogens is 224 g/mol. The van der Waals surface area contributed by atoms with E-state index in [1.807, 2.05) is 30.3 Å². The molecule has 0 aliphatic heterocycles. The molecule has 0 aliphatic carbocycles. The lowest BCUT2D eigenvalue weighted by atomic mass is 9.82. The molecule has 0 saturated heterocycles. The van der Waals surface area contributed by atoms with Crippen LogP contribution < -0.4 is 5.32 Å². The lowest BCUT2D eigenvalue weighted by Crippen LogP contribution is -2.43. The molecule has 3 nitrogen and oxygen atoms in total. The van der Waals surface area contributed by atoms with Gasteiger partial charge in [-0.05, 0) is 17.4 Å². The Hall–Kier alpha value is -1.37. The fourth-order valence-electron chi connectivity index (χ4n) is 1.78. The summed E-state index contributed by atoms with van der Waals surface area (Å²) in [7, 11) is 0. The van der Waals surface area contributed by atoms with Crippen LogP contribution in [0.4, 0.5) is 0 Å². The highest BCUT2D eigenvalue weighted by atomic mass is 16.3. The number of hydrogen-bond donors (Lipinski definition) is 2. The van der Waals surface area contributed by atoms with Gasteiger partial charge in [-0.3, -0.25) is 5.32 Å². The molecule has 2 N–H and O–H groups in total.